The molecule has 178 valence electrons. The van der Waals surface area contributed by atoms with Crippen LogP contribution in [-0.2, 0) is 14.3 Å². The van der Waals surface area contributed by atoms with Gasteiger partial charge in [-0.15, -0.1) is 0 Å². The summed E-state index contributed by atoms with van der Waals surface area (Å²) in [6, 6.07) is 0. The van der Waals surface area contributed by atoms with Gasteiger partial charge < -0.3 is 14.9 Å². The van der Waals surface area contributed by atoms with E-state index in [4.69, 9.17) is 4.74 Å². The summed E-state index contributed by atoms with van der Waals surface area (Å²) in [7, 11) is 0. The Morgan fingerprint density at radius 2 is 1.84 bits per heavy atom. The lowest BCUT2D eigenvalue weighted by molar-refractivity contribution is -0.128. The van der Waals surface area contributed by atoms with Crippen molar-refractivity contribution in [3.63, 3.8) is 0 Å². The third kappa shape index (κ3) is 4.93. The SMILES string of the molecule is CCC(C)C(=O)C1=C(O)C(C)=C2O[C@@H]([C@@](C)(O)CCC=C(C)C)C[C@@]2(CC=C(C)C)C1=O. The van der Waals surface area contributed by atoms with Crippen molar-refractivity contribution in [1.82, 2.24) is 0 Å². The minimum atomic E-state index is -1.16. The number of fused-ring (bicyclic) bond motifs is 1. The highest BCUT2D eigenvalue weighted by Crippen LogP contribution is 2.54. The van der Waals surface area contributed by atoms with Crippen LogP contribution in [0.25, 0.3) is 0 Å². The van der Waals surface area contributed by atoms with Crippen molar-refractivity contribution in [3.8, 4) is 0 Å². The van der Waals surface area contributed by atoms with E-state index < -0.39 is 17.1 Å². The number of carbonyl (C=O) groups excluding carboxylic acids is 2. The Morgan fingerprint density at radius 3 is 2.38 bits per heavy atom. The number of allylic oxidation sites excluding steroid dienone is 7. The molecule has 0 amide bonds. The summed E-state index contributed by atoms with van der Waals surface area (Å²) in [6.07, 6.45) is 5.84. The fourth-order valence-corrected chi connectivity index (χ4v) is 4.46. The third-order valence-electron chi connectivity index (χ3n) is 6.88. The molecular formula is C27H40O5. The van der Waals surface area contributed by atoms with Gasteiger partial charge in [-0.05, 0) is 67.2 Å². The van der Waals surface area contributed by atoms with Crippen LogP contribution in [0.2, 0.25) is 0 Å². The first-order valence-corrected chi connectivity index (χ1v) is 11.7. The number of aliphatic hydroxyl groups excluding tert-OH is 1. The van der Waals surface area contributed by atoms with Crippen LogP contribution in [0.1, 0.15) is 87.5 Å². The van der Waals surface area contributed by atoms with Crippen molar-refractivity contribution in [2.24, 2.45) is 11.3 Å². The van der Waals surface area contributed by atoms with E-state index in [1.807, 2.05) is 40.7 Å². The van der Waals surface area contributed by atoms with Crippen LogP contribution in [0, 0.1) is 11.3 Å². The first-order valence-electron chi connectivity index (χ1n) is 11.7. The molecule has 2 rings (SSSR count). The Balaban J connectivity index is 2.54. The topological polar surface area (TPSA) is 83.8 Å². The van der Waals surface area contributed by atoms with Gasteiger partial charge in [-0.1, -0.05) is 37.1 Å². The number of aliphatic hydroxyl groups is 2. The molecule has 1 aliphatic heterocycles. The van der Waals surface area contributed by atoms with Gasteiger partial charge in [0.05, 0.1) is 11.0 Å². The van der Waals surface area contributed by atoms with E-state index in [-0.39, 0.29) is 35.2 Å². The highest BCUT2D eigenvalue weighted by molar-refractivity contribution is 6.25. The maximum absolute atomic E-state index is 13.9. The molecule has 4 atom stereocenters. The van der Waals surface area contributed by atoms with Gasteiger partial charge in [0.15, 0.2) is 11.6 Å². The normalized spacial score (nSPS) is 25.7. The van der Waals surface area contributed by atoms with Crippen LogP contribution >= 0.6 is 0 Å². The molecule has 1 unspecified atom stereocenters. The van der Waals surface area contributed by atoms with Crippen molar-refractivity contribution in [1.29, 1.82) is 0 Å². The number of Topliss-reactive ketones (excluding diaryl/α,β-unsaturated/α-hetero) is 2. The molecule has 0 aromatic rings. The molecule has 1 saturated heterocycles. The lowest BCUT2D eigenvalue weighted by atomic mass is 9.66. The Labute approximate surface area is 192 Å². The molecule has 5 nitrogen and oxygen atoms in total. The van der Waals surface area contributed by atoms with Gasteiger partial charge in [-0.3, -0.25) is 9.59 Å². The molecule has 0 aromatic carbocycles. The van der Waals surface area contributed by atoms with Gasteiger partial charge in [-0.2, -0.15) is 0 Å². The lowest BCUT2D eigenvalue weighted by Gasteiger charge is -2.32. The highest BCUT2D eigenvalue weighted by Gasteiger charge is 2.59. The molecule has 0 radical (unpaired) electrons. The Bertz CT molecular complexity index is 891. The molecule has 2 N–H and O–H groups in total. The molecule has 5 heteroatoms. The summed E-state index contributed by atoms with van der Waals surface area (Å²) in [5.74, 6) is -0.973. The van der Waals surface area contributed by atoms with Crippen molar-refractivity contribution in [2.75, 3.05) is 0 Å². The zero-order valence-electron chi connectivity index (χ0n) is 21.0. The molecular weight excluding hydrogens is 404 g/mol. The number of hydrogen-bond acceptors (Lipinski definition) is 5. The summed E-state index contributed by atoms with van der Waals surface area (Å²) in [5.41, 5.74) is 0.286. The predicted octanol–water partition coefficient (Wildman–Crippen LogP) is 5.90. The largest absolute Gasteiger partial charge is 0.507 e. The second-order valence-electron chi connectivity index (χ2n) is 10.2. The van der Waals surface area contributed by atoms with Crippen molar-refractivity contribution >= 4 is 11.6 Å². The zero-order chi connectivity index (χ0) is 24.4. The van der Waals surface area contributed by atoms with Gasteiger partial charge in [0.25, 0.3) is 0 Å². The minimum absolute atomic E-state index is 0.115. The molecule has 1 heterocycles. The molecule has 0 aromatic heterocycles. The monoisotopic (exact) mass is 444 g/mol. The van der Waals surface area contributed by atoms with E-state index in [2.05, 4.69) is 6.08 Å². The Kier molecular flexibility index (Phi) is 7.98. The van der Waals surface area contributed by atoms with Crippen LogP contribution in [-0.4, -0.2) is 33.5 Å². The molecule has 2 aliphatic rings. The number of rotatable bonds is 9. The van der Waals surface area contributed by atoms with E-state index in [0.717, 1.165) is 5.57 Å². The first kappa shape index (κ1) is 26.1. The van der Waals surface area contributed by atoms with Crippen LogP contribution in [0.3, 0.4) is 0 Å². The number of ketones is 2. The van der Waals surface area contributed by atoms with E-state index in [1.165, 1.54) is 5.57 Å². The van der Waals surface area contributed by atoms with Gasteiger partial charge in [0, 0.05) is 17.9 Å². The maximum atomic E-state index is 13.9. The highest BCUT2D eigenvalue weighted by atomic mass is 16.5. The van der Waals surface area contributed by atoms with Crippen LogP contribution in [0.5, 0.6) is 0 Å². The van der Waals surface area contributed by atoms with Gasteiger partial charge in [0.2, 0.25) is 0 Å². The van der Waals surface area contributed by atoms with Crippen LogP contribution in [0.4, 0.5) is 0 Å². The maximum Gasteiger partial charge on any atom is 0.184 e. The molecule has 32 heavy (non-hydrogen) atoms. The van der Waals surface area contributed by atoms with Gasteiger partial charge in [-0.25, -0.2) is 0 Å². The summed E-state index contributed by atoms with van der Waals surface area (Å²) in [6.45, 7) is 15.0. The van der Waals surface area contributed by atoms with Crippen molar-refractivity contribution in [3.05, 3.63) is 46.0 Å². The summed E-state index contributed by atoms with van der Waals surface area (Å²) in [5, 5.41) is 22.1. The summed E-state index contributed by atoms with van der Waals surface area (Å²) < 4.78 is 6.24. The first-order chi connectivity index (χ1) is 14.8. The van der Waals surface area contributed by atoms with Gasteiger partial charge in [0.1, 0.15) is 23.2 Å². The van der Waals surface area contributed by atoms with Crippen molar-refractivity contribution < 1.29 is 24.5 Å². The quantitative estimate of drug-likeness (QED) is 0.342. The Morgan fingerprint density at radius 1 is 1.25 bits per heavy atom. The smallest absolute Gasteiger partial charge is 0.184 e. The molecule has 1 fully saturated rings. The minimum Gasteiger partial charge on any atom is -0.507 e. The zero-order valence-corrected chi connectivity index (χ0v) is 21.0. The fraction of sp³-hybridized carbons (Fsp3) is 0.630. The Hall–Kier alpha value is -2.14. The van der Waals surface area contributed by atoms with Crippen LogP contribution < -0.4 is 0 Å². The standard InChI is InChI=1S/C27H40O5/c1-9-18(6)22(28)21-23(29)19(7)25-27(24(21)30,14-12-17(4)5)15-20(32-25)26(8,31)13-10-11-16(2)3/h11-12,18,20,29,31H,9-10,13-15H2,1-8H3/t18?,20-,26+,27+/m1/s1. The number of carbonyl (C=O) groups is 2. The molecule has 0 spiro atoms. The fourth-order valence-electron chi connectivity index (χ4n) is 4.46. The second kappa shape index (κ2) is 9.78. The molecule has 1 aliphatic carbocycles. The van der Waals surface area contributed by atoms with Gasteiger partial charge >= 0.3 is 0 Å². The predicted molar refractivity (Wildman–Crippen MR) is 127 cm³/mol. The molecule has 0 saturated carbocycles. The lowest BCUT2D eigenvalue weighted by Crippen LogP contribution is -2.42. The van der Waals surface area contributed by atoms with Crippen LogP contribution in [0.15, 0.2) is 46.0 Å². The molecule has 0 bridgehead atoms. The second-order valence-corrected chi connectivity index (χ2v) is 10.2. The average molecular weight is 445 g/mol. The van der Waals surface area contributed by atoms with E-state index in [9.17, 15) is 19.8 Å². The summed E-state index contributed by atoms with van der Waals surface area (Å²) in [4.78, 5) is 26.9. The summed E-state index contributed by atoms with van der Waals surface area (Å²) >= 11 is 0. The van der Waals surface area contributed by atoms with E-state index >= 15 is 0 Å². The number of ether oxygens (including phenoxy) is 1. The average Bonchev–Trinajstić information content (AvgIpc) is 3.12. The van der Waals surface area contributed by atoms with E-state index in [0.29, 0.717) is 37.0 Å². The number of hydrogen-bond donors (Lipinski definition) is 2. The third-order valence-corrected chi connectivity index (χ3v) is 6.88. The van der Waals surface area contributed by atoms with E-state index in [1.54, 1.807) is 20.8 Å². The van der Waals surface area contributed by atoms with Crippen molar-refractivity contribution in [2.45, 2.75) is 99.2 Å².